The molecule has 0 aromatic heterocycles. The van der Waals surface area contributed by atoms with E-state index in [2.05, 4.69) is 5.32 Å². The van der Waals surface area contributed by atoms with Crippen LogP contribution in [0.5, 0.6) is 5.75 Å². The third-order valence-corrected chi connectivity index (χ3v) is 4.05. The number of amides is 1. The van der Waals surface area contributed by atoms with Crippen molar-refractivity contribution in [3.63, 3.8) is 0 Å². The summed E-state index contributed by atoms with van der Waals surface area (Å²) in [7, 11) is 0. The van der Waals surface area contributed by atoms with Crippen LogP contribution in [0.3, 0.4) is 0 Å². The molecule has 0 unspecified atom stereocenters. The lowest BCUT2D eigenvalue weighted by Gasteiger charge is -2.20. The van der Waals surface area contributed by atoms with Crippen molar-refractivity contribution in [1.29, 1.82) is 0 Å². The number of hydrogen-bond donors (Lipinski definition) is 1. The molecule has 0 saturated heterocycles. The first kappa shape index (κ1) is 19.5. The molecule has 1 amide bonds. The predicted octanol–water partition coefficient (Wildman–Crippen LogP) is 4.03. The summed E-state index contributed by atoms with van der Waals surface area (Å²) >= 11 is 0. The van der Waals surface area contributed by atoms with Gasteiger partial charge in [0.15, 0.2) is 12.2 Å². The van der Waals surface area contributed by atoms with Crippen molar-refractivity contribution in [2.24, 2.45) is 0 Å². The molecule has 2 aromatic rings. The van der Waals surface area contributed by atoms with Gasteiger partial charge in [0.2, 0.25) is 0 Å². The van der Waals surface area contributed by atoms with E-state index in [-0.39, 0.29) is 5.91 Å². The van der Waals surface area contributed by atoms with Gasteiger partial charge < -0.3 is 14.8 Å². The second-order valence-corrected chi connectivity index (χ2v) is 6.16. The number of aryl methyl sites for hydroxylation is 2. The maximum Gasteiger partial charge on any atom is 0.348 e. The van der Waals surface area contributed by atoms with Gasteiger partial charge in [-0.2, -0.15) is 0 Å². The first-order chi connectivity index (χ1) is 12.4. The second kappa shape index (κ2) is 9.04. The summed E-state index contributed by atoms with van der Waals surface area (Å²) in [4.78, 5) is 24.7. The van der Waals surface area contributed by atoms with Gasteiger partial charge in [-0.25, -0.2) is 4.79 Å². The second-order valence-electron chi connectivity index (χ2n) is 6.16. The van der Waals surface area contributed by atoms with Crippen LogP contribution in [0.25, 0.3) is 0 Å². The molecule has 0 radical (unpaired) electrons. The first-order valence-corrected chi connectivity index (χ1v) is 8.71. The van der Waals surface area contributed by atoms with Gasteiger partial charge in [-0.15, -0.1) is 0 Å². The molecule has 5 heteroatoms. The van der Waals surface area contributed by atoms with E-state index in [4.69, 9.17) is 9.47 Å². The average Bonchev–Trinajstić information content (AvgIpc) is 2.63. The molecule has 26 heavy (non-hydrogen) atoms. The Balaban J connectivity index is 1.97. The topological polar surface area (TPSA) is 64.6 Å². The fraction of sp³-hybridized carbons (Fsp3) is 0.333. The van der Waals surface area contributed by atoms with Crippen molar-refractivity contribution >= 4 is 17.6 Å². The molecular formula is C21H25NO4. The average molecular weight is 355 g/mol. The minimum atomic E-state index is -0.921. The SMILES string of the molecule is CC[C@@H](Oc1ccccc1)C(=O)O[C@H](C)C(=O)Nc1c(C)cccc1C. The molecule has 0 aliphatic carbocycles. The molecule has 0 aliphatic rings. The number of carbonyl (C=O) groups excluding carboxylic acids is 2. The van der Waals surface area contributed by atoms with E-state index in [1.54, 1.807) is 19.1 Å². The van der Waals surface area contributed by atoms with Gasteiger partial charge in [-0.05, 0) is 50.5 Å². The summed E-state index contributed by atoms with van der Waals surface area (Å²) < 4.78 is 11.0. The molecule has 1 N–H and O–H groups in total. The number of para-hydroxylation sites is 2. The van der Waals surface area contributed by atoms with Crippen molar-refractivity contribution in [2.75, 3.05) is 5.32 Å². The summed E-state index contributed by atoms with van der Waals surface area (Å²) in [6, 6.07) is 14.8. The number of esters is 1. The van der Waals surface area contributed by atoms with Gasteiger partial charge in [-0.3, -0.25) is 4.79 Å². The third kappa shape index (κ3) is 5.09. The number of rotatable bonds is 7. The van der Waals surface area contributed by atoms with E-state index in [9.17, 15) is 9.59 Å². The maximum atomic E-state index is 12.4. The van der Waals surface area contributed by atoms with E-state index < -0.39 is 18.2 Å². The van der Waals surface area contributed by atoms with Crippen LogP contribution in [0.1, 0.15) is 31.4 Å². The molecule has 0 fully saturated rings. The van der Waals surface area contributed by atoms with Gasteiger partial charge in [-0.1, -0.05) is 43.3 Å². The highest BCUT2D eigenvalue weighted by Gasteiger charge is 2.25. The first-order valence-electron chi connectivity index (χ1n) is 8.71. The highest BCUT2D eigenvalue weighted by molar-refractivity contribution is 5.96. The van der Waals surface area contributed by atoms with Crippen LogP contribution in [0.4, 0.5) is 5.69 Å². The van der Waals surface area contributed by atoms with E-state index in [1.807, 2.05) is 57.2 Å². The Bertz CT molecular complexity index is 738. The fourth-order valence-electron chi connectivity index (χ4n) is 2.50. The minimum Gasteiger partial charge on any atom is -0.479 e. The molecule has 2 aromatic carbocycles. The van der Waals surface area contributed by atoms with Crippen molar-refractivity contribution in [2.45, 2.75) is 46.3 Å². The van der Waals surface area contributed by atoms with Crippen LogP contribution < -0.4 is 10.1 Å². The standard InChI is InChI=1S/C21H25NO4/c1-5-18(26-17-12-7-6-8-13-17)21(24)25-16(4)20(23)22-19-14(2)10-9-11-15(19)3/h6-13,16,18H,5H2,1-4H3,(H,22,23)/t16-,18-/m1/s1. The fourth-order valence-corrected chi connectivity index (χ4v) is 2.50. The summed E-state index contributed by atoms with van der Waals surface area (Å²) in [5.74, 6) is -0.338. The number of ether oxygens (including phenoxy) is 2. The Morgan fingerprint density at radius 2 is 1.62 bits per heavy atom. The van der Waals surface area contributed by atoms with Crippen molar-refractivity contribution < 1.29 is 19.1 Å². The molecule has 5 nitrogen and oxygen atoms in total. The molecule has 0 saturated carbocycles. The minimum absolute atomic E-state index is 0.370. The lowest BCUT2D eigenvalue weighted by atomic mass is 10.1. The van der Waals surface area contributed by atoms with Crippen LogP contribution in [-0.4, -0.2) is 24.1 Å². The number of nitrogens with one attached hydrogen (secondary N) is 1. The summed E-state index contributed by atoms with van der Waals surface area (Å²) in [5, 5.41) is 2.83. The van der Waals surface area contributed by atoms with E-state index in [1.165, 1.54) is 0 Å². The molecule has 0 bridgehead atoms. The number of benzene rings is 2. The molecule has 2 atom stereocenters. The van der Waals surface area contributed by atoms with Crippen molar-refractivity contribution in [3.8, 4) is 5.75 Å². The van der Waals surface area contributed by atoms with Gasteiger partial charge in [0.1, 0.15) is 5.75 Å². The van der Waals surface area contributed by atoms with E-state index >= 15 is 0 Å². The molecular weight excluding hydrogens is 330 g/mol. The number of carbonyl (C=O) groups is 2. The van der Waals surface area contributed by atoms with Crippen LogP contribution in [0.2, 0.25) is 0 Å². The molecule has 0 aliphatic heterocycles. The van der Waals surface area contributed by atoms with Crippen molar-refractivity contribution in [1.82, 2.24) is 0 Å². The Hall–Kier alpha value is -2.82. The Morgan fingerprint density at radius 1 is 1.00 bits per heavy atom. The number of hydrogen-bond acceptors (Lipinski definition) is 4. The summed E-state index contributed by atoms with van der Waals surface area (Å²) in [6.07, 6.45) is -1.23. The lowest BCUT2D eigenvalue weighted by Crippen LogP contribution is -2.36. The zero-order valence-electron chi connectivity index (χ0n) is 15.6. The largest absolute Gasteiger partial charge is 0.479 e. The van der Waals surface area contributed by atoms with Gasteiger partial charge in [0, 0.05) is 5.69 Å². The maximum absolute atomic E-state index is 12.4. The number of anilines is 1. The highest BCUT2D eigenvalue weighted by Crippen LogP contribution is 2.20. The summed E-state index contributed by atoms with van der Waals surface area (Å²) in [5.41, 5.74) is 2.65. The smallest absolute Gasteiger partial charge is 0.348 e. The Labute approximate surface area is 154 Å². The molecule has 2 rings (SSSR count). The monoisotopic (exact) mass is 355 g/mol. The molecule has 0 spiro atoms. The molecule has 138 valence electrons. The normalized spacial score (nSPS) is 12.8. The Kier molecular flexibility index (Phi) is 6.78. The van der Waals surface area contributed by atoms with Crippen LogP contribution >= 0.6 is 0 Å². The van der Waals surface area contributed by atoms with Crippen LogP contribution in [0, 0.1) is 13.8 Å². The van der Waals surface area contributed by atoms with Crippen molar-refractivity contribution in [3.05, 3.63) is 59.7 Å². The van der Waals surface area contributed by atoms with Gasteiger partial charge >= 0.3 is 5.97 Å². The third-order valence-electron chi connectivity index (χ3n) is 4.05. The van der Waals surface area contributed by atoms with Crippen LogP contribution in [0.15, 0.2) is 48.5 Å². The highest BCUT2D eigenvalue weighted by atomic mass is 16.6. The quantitative estimate of drug-likeness (QED) is 0.762. The Morgan fingerprint density at radius 3 is 2.19 bits per heavy atom. The van der Waals surface area contributed by atoms with Gasteiger partial charge in [0.05, 0.1) is 0 Å². The van der Waals surface area contributed by atoms with E-state index in [0.717, 1.165) is 16.8 Å². The lowest BCUT2D eigenvalue weighted by molar-refractivity contribution is -0.160. The van der Waals surface area contributed by atoms with Gasteiger partial charge in [0.25, 0.3) is 5.91 Å². The zero-order valence-corrected chi connectivity index (χ0v) is 15.6. The van der Waals surface area contributed by atoms with E-state index in [0.29, 0.717) is 12.2 Å². The zero-order chi connectivity index (χ0) is 19.1. The molecule has 0 heterocycles. The van der Waals surface area contributed by atoms with Crippen LogP contribution in [-0.2, 0) is 14.3 Å². The predicted molar refractivity (Wildman–Crippen MR) is 101 cm³/mol. The summed E-state index contributed by atoms with van der Waals surface area (Å²) in [6.45, 7) is 7.21.